The highest BCUT2D eigenvalue weighted by Crippen LogP contribution is 2.29. The highest BCUT2D eigenvalue weighted by molar-refractivity contribution is 5.77. The van der Waals surface area contributed by atoms with Gasteiger partial charge in [-0.1, -0.05) is 0 Å². The quantitative estimate of drug-likeness (QED) is 0.329. The predicted octanol–water partition coefficient (Wildman–Crippen LogP) is 3.92. The molecule has 0 radical (unpaired) electrons. The van der Waals surface area contributed by atoms with E-state index in [4.69, 9.17) is 5.73 Å². The van der Waals surface area contributed by atoms with Gasteiger partial charge in [0.2, 0.25) is 0 Å². The topological polar surface area (TPSA) is 86.9 Å². The molecule has 166 valence electrons. The van der Waals surface area contributed by atoms with Crippen LogP contribution in [0.3, 0.4) is 0 Å². The Morgan fingerprint density at radius 2 is 1.76 bits per heavy atom. The van der Waals surface area contributed by atoms with Crippen molar-refractivity contribution in [2.24, 2.45) is 7.05 Å². The molecule has 7 nitrogen and oxygen atoms in total. The molecule has 0 bridgehead atoms. The lowest BCUT2D eigenvalue weighted by Crippen LogP contribution is -2.04. The molecule has 4 aromatic heterocycles. The summed E-state index contributed by atoms with van der Waals surface area (Å²) in [4.78, 5) is 17.1. The molecule has 1 aromatic carbocycles. The second kappa shape index (κ2) is 7.69. The smallest absolute Gasteiger partial charge is 0.182 e. The molecule has 0 aliphatic heterocycles. The normalized spacial score (nSPS) is 11.4. The van der Waals surface area contributed by atoms with Gasteiger partial charge in [0.1, 0.15) is 29.0 Å². The maximum Gasteiger partial charge on any atom is 0.182 e. The first-order valence-corrected chi connectivity index (χ1v) is 9.72. The van der Waals surface area contributed by atoms with Gasteiger partial charge >= 0.3 is 0 Å². The number of aryl methyl sites for hydroxylation is 1. The van der Waals surface area contributed by atoms with Crippen LogP contribution in [-0.4, -0.2) is 28.9 Å². The van der Waals surface area contributed by atoms with Crippen molar-refractivity contribution in [2.75, 3.05) is 5.73 Å². The summed E-state index contributed by atoms with van der Waals surface area (Å²) in [7, 11) is 1.80. The highest BCUT2D eigenvalue weighted by Gasteiger charge is 2.21. The molecule has 5 aromatic rings. The minimum absolute atomic E-state index is 0.0702. The number of hydrogen-bond acceptors (Lipinski definition) is 5. The van der Waals surface area contributed by atoms with Gasteiger partial charge in [-0.3, -0.25) is 4.40 Å². The van der Waals surface area contributed by atoms with E-state index in [2.05, 4.69) is 19.9 Å². The Morgan fingerprint density at radius 1 is 0.970 bits per heavy atom. The lowest BCUT2D eigenvalue weighted by atomic mass is 10.1. The predicted molar refractivity (Wildman–Crippen MR) is 112 cm³/mol. The molecule has 5 rings (SSSR count). The molecular formula is C22H15F4N7. The van der Waals surface area contributed by atoms with Crippen molar-refractivity contribution in [3.8, 4) is 22.8 Å². The van der Waals surface area contributed by atoms with Crippen molar-refractivity contribution in [1.82, 2.24) is 28.9 Å². The fraction of sp³-hybridized carbons (Fsp3) is 0.0909. The number of hydrogen-bond donors (Lipinski definition) is 1. The fourth-order valence-corrected chi connectivity index (χ4v) is 3.62. The van der Waals surface area contributed by atoms with Gasteiger partial charge < -0.3 is 10.3 Å². The maximum absolute atomic E-state index is 14.2. The largest absolute Gasteiger partial charge is 0.383 e. The third kappa shape index (κ3) is 3.47. The number of benzene rings is 1. The molecular weight excluding hydrogens is 438 g/mol. The van der Waals surface area contributed by atoms with Crippen LogP contribution in [0.1, 0.15) is 11.4 Å². The van der Waals surface area contributed by atoms with Crippen LogP contribution in [-0.2, 0) is 13.5 Å². The van der Waals surface area contributed by atoms with Crippen LogP contribution in [0.4, 0.5) is 23.4 Å². The summed E-state index contributed by atoms with van der Waals surface area (Å²) in [6.07, 6.45) is 5.42. The van der Waals surface area contributed by atoms with Crippen molar-refractivity contribution in [2.45, 2.75) is 6.42 Å². The molecule has 0 aliphatic carbocycles. The number of anilines is 1. The molecule has 0 saturated heterocycles. The first kappa shape index (κ1) is 20.6. The molecule has 2 N–H and O–H groups in total. The number of aromatic nitrogens is 6. The van der Waals surface area contributed by atoms with Crippen LogP contribution >= 0.6 is 0 Å². The summed E-state index contributed by atoms with van der Waals surface area (Å²) >= 11 is 0. The Kier molecular flexibility index (Phi) is 4.81. The number of nitrogen functional groups attached to an aromatic ring is 1. The standard InChI is InChI=1S/C22H15F4N7/c1-32-10-28-8-17(32)13-7-29-22(31-21(13)27)20-16-5-2-11(23)9-33(16)18(30-20)6-12-14(24)3-4-15(25)19(12)26/h2-5,7-10H,6H2,1H3,(H2,27,29,31). The van der Waals surface area contributed by atoms with E-state index in [1.54, 1.807) is 24.1 Å². The number of pyridine rings is 1. The molecule has 11 heteroatoms. The lowest BCUT2D eigenvalue weighted by molar-refractivity contribution is 0.481. The first-order chi connectivity index (χ1) is 15.8. The van der Waals surface area contributed by atoms with E-state index in [1.165, 1.54) is 22.7 Å². The molecule has 0 amide bonds. The monoisotopic (exact) mass is 453 g/mol. The average molecular weight is 453 g/mol. The van der Waals surface area contributed by atoms with Crippen molar-refractivity contribution in [3.63, 3.8) is 0 Å². The zero-order valence-electron chi connectivity index (χ0n) is 17.1. The van der Waals surface area contributed by atoms with Gasteiger partial charge in [0.05, 0.1) is 29.3 Å². The second-order valence-electron chi connectivity index (χ2n) is 7.36. The van der Waals surface area contributed by atoms with E-state index >= 15 is 0 Å². The van der Waals surface area contributed by atoms with Crippen molar-refractivity contribution < 1.29 is 17.6 Å². The van der Waals surface area contributed by atoms with E-state index in [0.717, 1.165) is 12.3 Å². The molecule has 0 fully saturated rings. The van der Waals surface area contributed by atoms with Gasteiger partial charge in [0, 0.05) is 31.4 Å². The third-order valence-electron chi connectivity index (χ3n) is 5.27. The third-order valence-corrected chi connectivity index (χ3v) is 5.27. The Bertz CT molecular complexity index is 1520. The Balaban J connectivity index is 1.64. The van der Waals surface area contributed by atoms with Crippen molar-refractivity contribution in [1.29, 1.82) is 0 Å². The van der Waals surface area contributed by atoms with Gasteiger partial charge in [-0.05, 0) is 24.3 Å². The van der Waals surface area contributed by atoms with E-state index < -0.39 is 35.3 Å². The number of rotatable bonds is 4. The van der Waals surface area contributed by atoms with Gasteiger partial charge in [-0.25, -0.2) is 37.5 Å². The number of imidazole rings is 2. The molecule has 0 atom stereocenters. The van der Waals surface area contributed by atoms with E-state index in [0.29, 0.717) is 22.8 Å². The summed E-state index contributed by atoms with van der Waals surface area (Å²) in [5.74, 6) is -3.69. The number of fused-ring (bicyclic) bond motifs is 1. The number of nitrogens with two attached hydrogens (primary N) is 1. The number of nitrogens with zero attached hydrogens (tertiary/aromatic N) is 6. The minimum Gasteiger partial charge on any atom is -0.383 e. The SMILES string of the molecule is Cn1cncc1-c1cnc(-c2nc(Cc3c(F)ccc(F)c3F)n3cc(F)ccc23)nc1N. The van der Waals surface area contributed by atoms with Crippen LogP contribution in [0.2, 0.25) is 0 Å². The molecule has 0 aliphatic rings. The summed E-state index contributed by atoms with van der Waals surface area (Å²) < 4.78 is 59.2. The summed E-state index contributed by atoms with van der Waals surface area (Å²) in [5, 5.41) is 0. The molecule has 4 heterocycles. The lowest BCUT2D eigenvalue weighted by Gasteiger charge is -2.06. The highest BCUT2D eigenvalue weighted by atomic mass is 19.2. The van der Waals surface area contributed by atoms with Gasteiger partial charge in [-0.2, -0.15) is 0 Å². The first-order valence-electron chi connectivity index (χ1n) is 9.72. The fourth-order valence-electron chi connectivity index (χ4n) is 3.62. The summed E-state index contributed by atoms with van der Waals surface area (Å²) in [6, 6.07) is 4.17. The Hall–Kier alpha value is -4.28. The Labute approximate surface area is 184 Å². The number of halogens is 4. The van der Waals surface area contributed by atoms with Crippen molar-refractivity contribution >= 4 is 11.3 Å². The zero-order valence-corrected chi connectivity index (χ0v) is 17.1. The molecule has 0 spiro atoms. The van der Waals surface area contributed by atoms with E-state index in [1.807, 2.05) is 0 Å². The minimum atomic E-state index is -1.33. The molecule has 33 heavy (non-hydrogen) atoms. The average Bonchev–Trinajstić information content (AvgIpc) is 3.37. The van der Waals surface area contributed by atoms with Gasteiger partial charge in [-0.15, -0.1) is 0 Å². The Morgan fingerprint density at radius 3 is 2.48 bits per heavy atom. The summed E-state index contributed by atoms with van der Waals surface area (Å²) in [5.41, 5.74) is 7.49. The van der Waals surface area contributed by atoms with Crippen LogP contribution in [0.15, 0.2) is 49.2 Å². The van der Waals surface area contributed by atoms with Gasteiger partial charge in [0.25, 0.3) is 0 Å². The van der Waals surface area contributed by atoms with E-state index in [9.17, 15) is 17.6 Å². The molecule has 0 unspecified atom stereocenters. The van der Waals surface area contributed by atoms with Crippen LogP contribution in [0, 0.1) is 23.3 Å². The zero-order chi connectivity index (χ0) is 23.3. The second-order valence-corrected chi connectivity index (χ2v) is 7.36. The van der Waals surface area contributed by atoms with Crippen LogP contribution < -0.4 is 5.73 Å². The van der Waals surface area contributed by atoms with Crippen LogP contribution in [0.5, 0.6) is 0 Å². The summed E-state index contributed by atoms with van der Waals surface area (Å²) in [6.45, 7) is 0. The molecule has 0 saturated carbocycles. The van der Waals surface area contributed by atoms with Crippen LogP contribution in [0.25, 0.3) is 28.3 Å². The van der Waals surface area contributed by atoms with Gasteiger partial charge in [0.15, 0.2) is 17.5 Å². The van der Waals surface area contributed by atoms with Crippen molar-refractivity contribution in [3.05, 3.63) is 83.8 Å². The van der Waals surface area contributed by atoms with E-state index in [-0.39, 0.29) is 23.2 Å². The maximum atomic E-state index is 14.2.